The first-order valence-corrected chi connectivity index (χ1v) is 14.0. The molecule has 3 nitrogen and oxygen atoms in total. The maximum Gasteiger partial charge on any atom is 0.323 e. The van der Waals surface area contributed by atoms with Crippen LogP contribution in [-0.2, 0) is 12.8 Å². The molecule has 0 unspecified atom stereocenters. The fourth-order valence-corrected chi connectivity index (χ4v) is 4.38. The van der Waals surface area contributed by atoms with Crippen LogP contribution in [0.1, 0.15) is 115 Å². The first-order valence-electron chi connectivity index (χ1n) is 14.0. The van der Waals surface area contributed by atoms with Gasteiger partial charge in [-0.15, -0.1) is 0 Å². The number of benzene rings is 2. The Morgan fingerprint density at radius 3 is 1.18 bits per heavy atom. The molecule has 0 saturated heterocycles. The molecular formula is C31H48N2O. The van der Waals surface area contributed by atoms with E-state index in [-0.39, 0.29) is 6.03 Å². The van der Waals surface area contributed by atoms with E-state index in [1.807, 2.05) is 24.3 Å². The molecule has 0 bridgehead atoms. The Morgan fingerprint density at radius 1 is 0.500 bits per heavy atom. The second-order valence-corrected chi connectivity index (χ2v) is 9.72. The molecule has 0 saturated carbocycles. The highest BCUT2D eigenvalue weighted by Crippen LogP contribution is 2.16. The molecule has 2 N–H and O–H groups in total. The van der Waals surface area contributed by atoms with E-state index in [1.54, 1.807) is 0 Å². The smallest absolute Gasteiger partial charge is 0.308 e. The summed E-state index contributed by atoms with van der Waals surface area (Å²) in [6, 6.07) is 16.3. The second kappa shape index (κ2) is 18.1. The van der Waals surface area contributed by atoms with Crippen molar-refractivity contribution in [1.29, 1.82) is 0 Å². The van der Waals surface area contributed by atoms with Crippen LogP contribution in [0.4, 0.5) is 16.2 Å². The number of nitrogens with one attached hydrogen (secondary N) is 2. The number of rotatable bonds is 18. The van der Waals surface area contributed by atoms with Crippen molar-refractivity contribution >= 4 is 17.4 Å². The lowest BCUT2D eigenvalue weighted by molar-refractivity contribution is 0.262. The molecule has 2 amide bonds. The van der Waals surface area contributed by atoms with Crippen molar-refractivity contribution in [3.05, 3.63) is 59.7 Å². The summed E-state index contributed by atoms with van der Waals surface area (Å²) >= 11 is 0. The van der Waals surface area contributed by atoms with E-state index in [9.17, 15) is 4.79 Å². The Hall–Kier alpha value is -2.29. The third kappa shape index (κ3) is 12.8. The number of unbranched alkanes of at least 4 members (excludes halogenated alkanes) is 12. The summed E-state index contributed by atoms with van der Waals surface area (Å²) < 4.78 is 0. The largest absolute Gasteiger partial charge is 0.323 e. The highest BCUT2D eigenvalue weighted by atomic mass is 16.2. The molecule has 0 heterocycles. The Labute approximate surface area is 209 Å². The Balaban J connectivity index is 1.61. The quantitative estimate of drug-likeness (QED) is 0.212. The Kier molecular flexibility index (Phi) is 14.9. The molecule has 0 radical (unpaired) electrons. The number of urea groups is 1. The number of hydrogen-bond donors (Lipinski definition) is 2. The molecule has 0 atom stereocenters. The Bertz CT molecular complexity index is 702. The summed E-state index contributed by atoms with van der Waals surface area (Å²) in [4.78, 5) is 12.4. The molecule has 3 heteroatoms. The lowest BCUT2D eigenvalue weighted by Gasteiger charge is -2.09. The molecule has 0 aliphatic rings. The van der Waals surface area contributed by atoms with Gasteiger partial charge in [0.1, 0.15) is 0 Å². The van der Waals surface area contributed by atoms with Crippen LogP contribution in [0.15, 0.2) is 48.5 Å². The van der Waals surface area contributed by atoms with E-state index in [2.05, 4.69) is 48.7 Å². The predicted molar refractivity (Wildman–Crippen MR) is 149 cm³/mol. The lowest BCUT2D eigenvalue weighted by atomic mass is 10.0. The van der Waals surface area contributed by atoms with E-state index >= 15 is 0 Å². The minimum atomic E-state index is -0.195. The molecule has 34 heavy (non-hydrogen) atoms. The summed E-state index contributed by atoms with van der Waals surface area (Å²) in [5.41, 5.74) is 4.35. The van der Waals surface area contributed by atoms with Crippen molar-refractivity contribution in [2.24, 2.45) is 0 Å². The van der Waals surface area contributed by atoms with Crippen molar-refractivity contribution in [1.82, 2.24) is 0 Å². The van der Waals surface area contributed by atoms with Gasteiger partial charge in [-0.05, 0) is 61.1 Å². The number of carbonyl (C=O) groups is 1. The molecule has 0 aromatic heterocycles. The van der Waals surface area contributed by atoms with Gasteiger partial charge in [0, 0.05) is 11.4 Å². The fraction of sp³-hybridized carbons (Fsp3) is 0.581. The highest BCUT2D eigenvalue weighted by Gasteiger charge is 2.04. The predicted octanol–water partition coefficient (Wildman–Crippen LogP) is 9.92. The number of anilines is 2. The van der Waals surface area contributed by atoms with Crippen molar-refractivity contribution in [3.63, 3.8) is 0 Å². The van der Waals surface area contributed by atoms with Gasteiger partial charge in [-0.1, -0.05) is 115 Å². The molecule has 2 rings (SSSR count). The number of amides is 2. The van der Waals surface area contributed by atoms with Gasteiger partial charge < -0.3 is 10.6 Å². The van der Waals surface area contributed by atoms with Crippen molar-refractivity contribution in [2.45, 2.75) is 117 Å². The van der Waals surface area contributed by atoms with E-state index in [0.717, 1.165) is 24.2 Å². The van der Waals surface area contributed by atoms with Crippen molar-refractivity contribution in [2.75, 3.05) is 10.6 Å². The lowest BCUT2D eigenvalue weighted by Crippen LogP contribution is -2.19. The van der Waals surface area contributed by atoms with Gasteiger partial charge in [0.05, 0.1) is 0 Å². The highest BCUT2D eigenvalue weighted by molar-refractivity contribution is 5.99. The molecule has 0 spiro atoms. The van der Waals surface area contributed by atoms with Crippen LogP contribution in [0.5, 0.6) is 0 Å². The zero-order valence-corrected chi connectivity index (χ0v) is 21.8. The van der Waals surface area contributed by atoms with Gasteiger partial charge in [-0.3, -0.25) is 0 Å². The van der Waals surface area contributed by atoms with Crippen LogP contribution in [0.25, 0.3) is 0 Å². The molecule has 2 aromatic carbocycles. The van der Waals surface area contributed by atoms with Crippen molar-refractivity contribution < 1.29 is 4.79 Å². The topological polar surface area (TPSA) is 41.1 Å². The van der Waals surface area contributed by atoms with E-state index < -0.39 is 0 Å². The van der Waals surface area contributed by atoms with E-state index in [0.29, 0.717) is 0 Å². The van der Waals surface area contributed by atoms with Crippen LogP contribution < -0.4 is 10.6 Å². The molecule has 2 aromatic rings. The van der Waals surface area contributed by atoms with Crippen LogP contribution in [0, 0.1) is 0 Å². The number of carbonyl (C=O) groups excluding carboxylic acids is 1. The van der Waals surface area contributed by atoms with E-state index in [4.69, 9.17) is 0 Å². The minimum absolute atomic E-state index is 0.195. The number of aryl methyl sites for hydroxylation is 2. The van der Waals surface area contributed by atoms with E-state index in [1.165, 1.54) is 101 Å². The van der Waals surface area contributed by atoms with Gasteiger partial charge >= 0.3 is 6.03 Å². The van der Waals surface area contributed by atoms with Gasteiger partial charge in [-0.25, -0.2) is 4.79 Å². The van der Waals surface area contributed by atoms with Gasteiger partial charge in [-0.2, -0.15) is 0 Å². The molecule has 0 fully saturated rings. The third-order valence-corrected chi connectivity index (χ3v) is 6.56. The molecule has 0 aliphatic carbocycles. The minimum Gasteiger partial charge on any atom is -0.308 e. The zero-order valence-electron chi connectivity index (χ0n) is 21.8. The molecule has 0 aliphatic heterocycles. The summed E-state index contributed by atoms with van der Waals surface area (Å²) in [6.07, 6.45) is 20.9. The van der Waals surface area contributed by atoms with Crippen LogP contribution in [0.3, 0.4) is 0 Å². The van der Waals surface area contributed by atoms with Crippen molar-refractivity contribution in [3.8, 4) is 0 Å². The fourth-order valence-electron chi connectivity index (χ4n) is 4.38. The molecule has 188 valence electrons. The summed E-state index contributed by atoms with van der Waals surface area (Å²) in [5.74, 6) is 0. The monoisotopic (exact) mass is 464 g/mol. The summed E-state index contributed by atoms with van der Waals surface area (Å²) in [7, 11) is 0. The first kappa shape index (κ1) is 28.0. The summed E-state index contributed by atoms with van der Waals surface area (Å²) in [5, 5.41) is 5.88. The van der Waals surface area contributed by atoms with Crippen LogP contribution in [-0.4, -0.2) is 6.03 Å². The first-order chi connectivity index (χ1) is 16.7. The van der Waals surface area contributed by atoms with Crippen LogP contribution >= 0.6 is 0 Å². The standard InChI is InChI=1S/C31H48N2O/c1-3-5-7-9-11-13-15-17-27-19-23-29(24-20-27)32-31(34)33-30-25-21-28(22-26-30)18-16-14-12-10-8-6-4-2/h19-26H,3-18H2,1-2H3,(H2,32,33,34). The third-order valence-electron chi connectivity index (χ3n) is 6.56. The summed E-state index contributed by atoms with van der Waals surface area (Å²) in [6.45, 7) is 4.52. The van der Waals surface area contributed by atoms with Gasteiger partial charge in [0.15, 0.2) is 0 Å². The van der Waals surface area contributed by atoms with Gasteiger partial charge in [0.2, 0.25) is 0 Å². The van der Waals surface area contributed by atoms with Crippen LogP contribution in [0.2, 0.25) is 0 Å². The molecular weight excluding hydrogens is 416 g/mol. The SMILES string of the molecule is CCCCCCCCCc1ccc(NC(=O)Nc2ccc(CCCCCCCCC)cc2)cc1. The zero-order chi connectivity index (χ0) is 24.3. The number of hydrogen-bond acceptors (Lipinski definition) is 1. The normalized spacial score (nSPS) is 10.9. The maximum absolute atomic E-state index is 12.4. The Morgan fingerprint density at radius 2 is 0.824 bits per heavy atom. The second-order valence-electron chi connectivity index (χ2n) is 9.72. The average molecular weight is 465 g/mol. The average Bonchev–Trinajstić information content (AvgIpc) is 2.85. The van der Waals surface area contributed by atoms with Gasteiger partial charge in [0.25, 0.3) is 0 Å². The maximum atomic E-state index is 12.4.